The smallest absolute Gasteiger partial charge is 0.222 e. The quantitative estimate of drug-likeness (QED) is 0.626. The van der Waals surface area contributed by atoms with Crippen molar-refractivity contribution >= 4 is 34.5 Å². The van der Waals surface area contributed by atoms with Crippen LogP contribution in [0.25, 0.3) is 11.0 Å². The molecule has 0 bridgehead atoms. The molecule has 4 rings (SSSR count). The maximum Gasteiger partial charge on any atom is 0.222 e. The zero-order valence-electron chi connectivity index (χ0n) is 15.4. The van der Waals surface area contributed by atoms with Gasteiger partial charge >= 0.3 is 0 Å². The number of para-hydroxylation sites is 2. The Morgan fingerprint density at radius 3 is 2.85 bits per heavy atom. The molecular weight excluding hydrogens is 342 g/mol. The van der Waals surface area contributed by atoms with Crippen LogP contribution in [0.4, 0.5) is 17.6 Å². The van der Waals surface area contributed by atoms with Crippen LogP contribution in [0.15, 0.2) is 36.7 Å². The molecular formula is C19H23N7O. The largest absolute Gasteiger partial charge is 0.370 e. The van der Waals surface area contributed by atoms with E-state index in [2.05, 4.69) is 25.6 Å². The molecule has 2 N–H and O–H groups in total. The molecule has 0 unspecified atom stereocenters. The van der Waals surface area contributed by atoms with Crippen molar-refractivity contribution in [2.45, 2.75) is 19.3 Å². The van der Waals surface area contributed by atoms with Crippen molar-refractivity contribution in [2.75, 3.05) is 30.3 Å². The van der Waals surface area contributed by atoms with Crippen LogP contribution < -0.4 is 10.6 Å². The minimum atomic E-state index is 0.269. The number of fused-ring (bicyclic) bond motifs is 1. The Morgan fingerprint density at radius 1 is 1.19 bits per heavy atom. The van der Waals surface area contributed by atoms with Crippen LogP contribution in [0.2, 0.25) is 0 Å². The van der Waals surface area contributed by atoms with Gasteiger partial charge in [-0.25, -0.2) is 15.0 Å². The molecule has 1 aliphatic heterocycles. The Kier molecular flexibility index (Phi) is 4.86. The van der Waals surface area contributed by atoms with Crippen molar-refractivity contribution in [2.24, 2.45) is 7.05 Å². The van der Waals surface area contributed by atoms with Crippen molar-refractivity contribution in [1.29, 1.82) is 0 Å². The molecule has 27 heavy (non-hydrogen) atoms. The van der Waals surface area contributed by atoms with Crippen molar-refractivity contribution < 1.29 is 4.79 Å². The van der Waals surface area contributed by atoms with Gasteiger partial charge in [-0.2, -0.15) is 0 Å². The third-order valence-electron chi connectivity index (χ3n) is 4.78. The number of imidazole rings is 1. The summed E-state index contributed by atoms with van der Waals surface area (Å²) < 4.78 is 2.00. The molecule has 1 fully saturated rings. The van der Waals surface area contributed by atoms with Gasteiger partial charge in [-0.15, -0.1) is 0 Å². The highest BCUT2D eigenvalue weighted by atomic mass is 16.2. The number of anilines is 3. The molecule has 2 aromatic heterocycles. The zero-order chi connectivity index (χ0) is 18.6. The standard InChI is InChI=1S/C19H23N7O/c1-25-15-7-3-2-6-14(15)23-19(25)24-17-12-16(21-13-22-17)20-9-5-11-26-10-4-8-18(26)27/h2-3,6-7,12-13H,4-5,8-11H2,1H3,(H2,20,21,22,23,24). The van der Waals surface area contributed by atoms with Gasteiger partial charge in [0.1, 0.15) is 18.0 Å². The lowest BCUT2D eigenvalue weighted by molar-refractivity contribution is -0.127. The van der Waals surface area contributed by atoms with Gasteiger partial charge in [0.15, 0.2) is 0 Å². The highest BCUT2D eigenvalue weighted by Gasteiger charge is 2.18. The fraction of sp³-hybridized carbons (Fsp3) is 0.368. The van der Waals surface area contributed by atoms with Gasteiger partial charge in [-0.1, -0.05) is 12.1 Å². The van der Waals surface area contributed by atoms with Crippen molar-refractivity contribution in [3.63, 3.8) is 0 Å². The summed E-state index contributed by atoms with van der Waals surface area (Å²) in [5.41, 5.74) is 2.00. The van der Waals surface area contributed by atoms with Gasteiger partial charge in [0, 0.05) is 39.2 Å². The van der Waals surface area contributed by atoms with Gasteiger partial charge < -0.3 is 20.1 Å². The van der Waals surface area contributed by atoms with Crippen LogP contribution in [-0.2, 0) is 11.8 Å². The molecule has 8 nitrogen and oxygen atoms in total. The fourth-order valence-corrected chi connectivity index (χ4v) is 3.32. The van der Waals surface area contributed by atoms with Crippen LogP contribution in [0.3, 0.4) is 0 Å². The molecule has 1 amide bonds. The minimum Gasteiger partial charge on any atom is -0.370 e. The summed E-state index contributed by atoms with van der Waals surface area (Å²) in [7, 11) is 1.97. The number of nitrogens with zero attached hydrogens (tertiary/aromatic N) is 5. The molecule has 0 spiro atoms. The van der Waals surface area contributed by atoms with Gasteiger partial charge in [0.25, 0.3) is 0 Å². The third-order valence-corrected chi connectivity index (χ3v) is 4.78. The predicted octanol–water partition coefficient (Wildman–Crippen LogP) is 2.53. The van der Waals surface area contributed by atoms with Crippen LogP contribution in [0.5, 0.6) is 0 Å². The summed E-state index contributed by atoms with van der Waals surface area (Å²) in [6, 6.07) is 9.85. The van der Waals surface area contributed by atoms with Gasteiger partial charge in [0.05, 0.1) is 11.0 Å². The van der Waals surface area contributed by atoms with E-state index in [-0.39, 0.29) is 5.91 Å². The summed E-state index contributed by atoms with van der Waals surface area (Å²) in [5.74, 6) is 2.43. The second kappa shape index (κ2) is 7.61. The first-order valence-electron chi connectivity index (χ1n) is 9.23. The summed E-state index contributed by atoms with van der Waals surface area (Å²) in [6.45, 7) is 2.44. The number of carbonyl (C=O) groups excluding carboxylic acids is 1. The van der Waals surface area contributed by atoms with E-state index in [9.17, 15) is 4.79 Å². The average Bonchev–Trinajstić information content (AvgIpc) is 3.23. The number of nitrogens with one attached hydrogen (secondary N) is 2. The Morgan fingerprint density at radius 2 is 2.04 bits per heavy atom. The van der Waals surface area contributed by atoms with Crippen LogP contribution in [-0.4, -0.2) is 50.0 Å². The second-order valence-electron chi connectivity index (χ2n) is 6.66. The number of likely N-dealkylation sites (tertiary alicyclic amines) is 1. The molecule has 0 radical (unpaired) electrons. The summed E-state index contributed by atoms with van der Waals surface area (Å²) in [5, 5.41) is 6.55. The number of hydrogen-bond donors (Lipinski definition) is 2. The monoisotopic (exact) mass is 365 g/mol. The zero-order valence-corrected chi connectivity index (χ0v) is 15.4. The van der Waals surface area contributed by atoms with Crippen molar-refractivity contribution in [3.05, 3.63) is 36.7 Å². The number of amides is 1. The van der Waals surface area contributed by atoms with E-state index in [0.29, 0.717) is 12.2 Å². The SMILES string of the molecule is Cn1c(Nc2cc(NCCCN3CCCC3=O)ncn2)nc2ccccc21. The van der Waals surface area contributed by atoms with E-state index in [1.807, 2.05) is 46.8 Å². The predicted molar refractivity (Wildman–Crippen MR) is 105 cm³/mol. The Bertz CT molecular complexity index is 952. The second-order valence-corrected chi connectivity index (χ2v) is 6.66. The number of rotatable bonds is 7. The fourth-order valence-electron chi connectivity index (χ4n) is 3.32. The van der Waals surface area contributed by atoms with Crippen molar-refractivity contribution in [3.8, 4) is 0 Å². The van der Waals surface area contributed by atoms with E-state index in [0.717, 1.165) is 55.3 Å². The van der Waals surface area contributed by atoms with Gasteiger partial charge in [-0.05, 0) is 25.0 Å². The molecule has 0 aliphatic carbocycles. The molecule has 140 valence electrons. The summed E-state index contributed by atoms with van der Waals surface area (Å²) in [4.78, 5) is 26.7. The van der Waals surface area contributed by atoms with E-state index >= 15 is 0 Å². The molecule has 1 saturated heterocycles. The minimum absolute atomic E-state index is 0.269. The van der Waals surface area contributed by atoms with Gasteiger partial charge in [-0.3, -0.25) is 4.79 Å². The van der Waals surface area contributed by atoms with Gasteiger partial charge in [0.2, 0.25) is 11.9 Å². The molecule has 8 heteroatoms. The topological polar surface area (TPSA) is 88.0 Å². The van der Waals surface area contributed by atoms with E-state index in [1.165, 1.54) is 6.33 Å². The van der Waals surface area contributed by atoms with Crippen LogP contribution >= 0.6 is 0 Å². The lowest BCUT2D eigenvalue weighted by atomic mass is 10.3. The number of benzene rings is 1. The Balaban J connectivity index is 1.35. The lowest BCUT2D eigenvalue weighted by Gasteiger charge is -2.15. The Labute approximate surface area is 157 Å². The number of carbonyl (C=O) groups is 1. The molecule has 1 aliphatic rings. The first kappa shape index (κ1) is 17.3. The van der Waals surface area contributed by atoms with Crippen molar-refractivity contribution in [1.82, 2.24) is 24.4 Å². The maximum absolute atomic E-state index is 11.6. The molecule has 3 heterocycles. The average molecular weight is 365 g/mol. The number of aryl methyl sites for hydroxylation is 1. The molecule has 1 aromatic carbocycles. The first-order valence-corrected chi connectivity index (χ1v) is 9.23. The highest BCUT2D eigenvalue weighted by Crippen LogP contribution is 2.21. The normalized spacial score (nSPS) is 14.1. The molecule has 3 aromatic rings. The summed E-state index contributed by atoms with van der Waals surface area (Å²) in [6.07, 6.45) is 4.09. The first-order chi connectivity index (χ1) is 13.2. The number of aromatic nitrogens is 4. The van der Waals surface area contributed by atoms with Crippen LogP contribution in [0.1, 0.15) is 19.3 Å². The highest BCUT2D eigenvalue weighted by molar-refractivity contribution is 5.79. The van der Waals surface area contributed by atoms with E-state index < -0.39 is 0 Å². The maximum atomic E-state index is 11.6. The van der Waals surface area contributed by atoms with E-state index in [4.69, 9.17) is 0 Å². The van der Waals surface area contributed by atoms with Crippen LogP contribution in [0, 0.1) is 0 Å². The molecule has 0 atom stereocenters. The van der Waals surface area contributed by atoms with E-state index in [1.54, 1.807) is 0 Å². The lowest BCUT2D eigenvalue weighted by Crippen LogP contribution is -2.27. The number of hydrogen-bond acceptors (Lipinski definition) is 6. The third kappa shape index (κ3) is 3.84. The Hall–Kier alpha value is -3.16. The molecule has 0 saturated carbocycles. The summed E-state index contributed by atoms with van der Waals surface area (Å²) >= 11 is 0.